The summed E-state index contributed by atoms with van der Waals surface area (Å²) in [6, 6.07) is 2.62. The van der Waals surface area contributed by atoms with Crippen LogP contribution in [0.1, 0.15) is 18.7 Å². The maximum atomic E-state index is 14.9. The van der Waals surface area contributed by atoms with Crippen molar-refractivity contribution in [1.82, 2.24) is 24.9 Å². The zero-order valence-electron chi connectivity index (χ0n) is 20.2. The van der Waals surface area contributed by atoms with Gasteiger partial charge in [-0.3, -0.25) is 4.90 Å². The number of nitrogens with zero attached hydrogens (tertiary/aromatic N) is 6. The monoisotopic (exact) mass is 508 g/mol. The van der Waals surface area contributed by atoms with Crippen molar-refractivity contribution in [1.29, 1.82) is 0 Å². The number of amides is 1. The maximum Gasteiger partial charge on any atom is 0.416 e. The molecule has 13 heteroatoms. The van der Waals surface area contributed by atoms with Crippen molar-refractivity contribution in [2.45, 2.75) is 25.8 Å². The summed E-state index contributed by atoms with van der Waals surface area (Å²) in [6.45, 7) is 2.26. The largest absolute Gasteiger partial charge is 0.422 e. The van der Waals surface area contributed by atoms with Crippen LogP contribution in [0, 0.1) is 18.2 Å². The number of aliphatic hydroxyl groups is 1. The number of aliphatic hydroxyl groups excluding tert-OH is 1. The lowest BCUT2D eigenvalue weighted by atomic mass is 10.0. The molecular weight excluding hydrogens is 483 g/mol. The second kappa shape index (κ2) is 8.49. The summed E-state index contributed by atoms with van der Waals surface area (Å²) in [5.41, 5.74) is 7.59. The smallest absolute Gasteiger partial charge is 0.416 e. The number of H-pyrrole nitrogens is 1. The van der Waals surface area contributed by atoms with Gasteiger partial charge in [0.2, 0.25) is 0 Å². The van der Waals surface area contributed by atoms with Crippen LogP contribution in [0.2, 0.25) is 0 Å². The van der Waals surface area contributed by atoms with Crippen molar-refractivity contribution in [3.05, 3.63) is 36.2 Å². The van der Waals surface area contributed by atoms with Gasteiger partial charge < -0.3 is 30.2 Å². The molecule has 1 saturated carbocycles. The standard InChI is InChI=1S/C24H25FN8O4/c1-12-27-7-14(8-28-12)37-22-30-20-18(21(31-22)33-9-17(26)24(10-33)3-4-24)15-5-13(25)6-16(19(15)29-20)32(2)23(35)36-11-34/h5-8,17,34H,3-4,9-11,26H2,1-2H3,(H,29,30,31)/t17-/m0/s1. The van der Waals surface area contributed by atoms with Gasteiger partial charge in [-0.1, -0.05) is 0 Å². The average molecular weight is 509 g/mol. The molecule has 0 bridgehead atoms. The number of hydrogen-bond donors (Lipinski definition) is 3. The Kier molecular flexibility index (Phi) is 5.35. The molecule has 2 aliphatic rings. The lowest BCUT2D eigenvalue weighted by Gasteiger charge is -2.19. The molecule has 1 aliphatic carbocycles. The Bertz CT molecular complexity index is 1520. The minimum absolute atomic E-state index is 0.00993. The Hall–Kier alpha value is -4.10. The lowest BCUT2D eigenvalue weighted by molar-refractivity contribution is 0.0492. The van der Waals surface area contributed by atoms with Gasteiger partial charge in [-0.2, -0.15) is 9.97 Å². The second-order valence-electron chi connectivity index (χ2n) is 9.54. The number of fused-ring (bicyclic) bond motifs is 3. The zero-order valence-corrected chi connectivity index (χ0v) is 20.2. The minimum atomic E-state index is -0.844. The molecule has 1 amide bonds. The van der Waals surface area contributed by atoms with E-state index in [1.54, 1.807) is 6.92 Å². The van der Waals surface area contributed by atoms with Crippen LogP contribution in [-0.2, 0) is 4.74 Å². The van der Waals surface area contributed by atoms with Gasteiger partial charge >= 0.3 is 12.1 Å². The van der Waals surface area contributed by atoms with Crippen LogP contribution >= 0.6 is 0 Å². The molecule has 2 fully saturated rings. The number of anilines is 2. The summed E-state index contributed by atoms with van der Waals surface area (Å²) in [7, 11) is 1.42. The third-order valence-electron chi connectivity index (χ3n) is 7.16. The predicted molar refractivity (Wildman–Crippen MR) is 132 cm³/mol. The molecule has 0 radical (unpaired) electrons. The first-order valence-corrected chi connectivity index (χ1v) is 11.8. The van der Waals surface area contributed by atoms with Crippen molar-refractivity contribution in [2.75, 3.05) is 36.7 Å². The van der Waals surface area contributed by atoms with Crippen molar-refractivity contribution < 1.29 is 23.8 Å². The van der Waals surface area contributed by atoms with Gasteiger partial charge in [0.15, 0.2) is 12.5 Å². The van der Waals surface area contributed by atoms with Crippen LogP contribution in [0.5, 0.6) is 11.8 Å². The first-order chi connectivity index (χ1) is 17.8. The number of rotatable bonds is 5. The third kappa shape index (κ3) is 3.96. The highest BCUT2D eigenvalue weighted by Gasteiger charge is 2.54. The van der Waals surface area contributed by atoms with E-state index in [4.69, 9.17) is 20.6 Å². The fraction of sp³-hybridized carbons (Fsp3) is 0.375. The number of aromatic amines is 1. The lowest BCUT2D eigenvalue weighted by Crippen LogP contribution is -2.30. The molecule has 37 heavy (non-hydrogen) atoms. The van der Waals surface area contributed by atoms with E-state index in [0.717, 1.165) is 17.7 Å². The molecule has 6 rings (SSSR count). The molecule has 0 unspecified atom stereocenters. The summed E-state index contributed by atoms with van der Waals surface area (Å²) in [6.07, 6.45) is 4.31. The van der Waals surface area contributed by atoms with Gasteiger partial charge in [0.05, 0.1) is 29.0 Å². The molecule has 1 aliphatic heterocycles. The van der Waals surface area contributed by atoms with Crippen molar-refractivity contribution in [2.24, 2.45) is 11.1 Å². The number of nitrogens with two attached hydrogens (primary N) is 1. The molecule has 1 aromatic carbocycles. The van der Waals surface area contributed by atoms with Crippen LogP contribution in [0.25, 0.3) is 21.9 Å². The quantitative estimate of drug-likeness (QED) is 0.343. The van der Waals surface area contributed by atoms with E-state index in [0.29, 0.717) is 52.4 Å². The van der Waals surface area contributed by atoms with Gasteiger partial charge in [-0.25, -0.2) is 19.2 Å². The zero-order chi connectivity index (χ0) is 25.9. The number of aryl methyl sites for hydroxylation is 1. The third-order valence-corrected chi connectivity index (χ3v) is 7.16. The topological polar surface area (TPSA) is 156 Å². The number of aromatic nitrogens is 5. The van der Waals surface area contributed by atoms with Gasteiger partial charge in [0.25, 0.3) is 0 Å². The molecule has 1 saturated heterocycles. The highest BCUT2D eigenvalue weighted by Crippen LogP contribution is 2.53. The highest BCUT2D eigenvalue weighted by atomic mass is 19.1. The van der Waals surface area contributed by atoms with E-state index in [2.05, 4.69) is 29.6 Å². The van der Waals surface area contributed by atoms with Gasteiger partial charge in [0, 0.05) is 37.0 Å². The molecule has 192 valence electrons. The van der Waals surface area contributed by atoms with E-state index in [1.807, 2.05) is 0 Å². The van der Waals surface area contributed by atoms with E-state index >= 15 is 0 Å². The van der Waals surface area contributed by atoms with Crippen LogP contribution in [0.4, 0.5) is 20.7 Å². The Labute approximate surface area is 210 Å². The summed E-state index contributed by atoms with van der Waals surface area (Å²) < 4.78 is 25.4. The Morgan fingerprint density at radius 3 is 2.76 bits per heavy atom. The molecule has 4 heterocycles. The van der Waals surface area contributed by atoms with Crippen molar-refractivity contribution in [3.8, 4) is 11.8 Å². The van der Waals surface area contributed by atoms with E-state index in [9.17, 15) is 9.18 Å². The van der Waals surface area contributed by atoms with Gasteiger partial charge in [0.1, 0.15) is 23.1 Å². The summed E-state index contributed by atoms with van der Waals surface area (Å²) in [4.78, 5) is 36.3. The number of halogens is 1. The van der Waals surface area contributed by atoms with Gasteiger partial charge in [-0.15, -0.1) is 0 Å². The summed E-state index contributed by atoms with van der Waals surface area (Å²) >= 11 is 0. The molecule has 4 aromatic rings. The van der Waals surface area contributed by atoms with E-state index in [-0.39, 0.29) is 23.2 Å². The first kappa shape index (κ1) is 23.3. The number of ether oxygens (including phenoxy) is 2. The van der Waals surface area contributed by atoms with Crippen LogP contribution in [-0.4, -0.2) is 69.1 Å². The number of benzene rings is 1. The normalized spacial score (nSPS) is 18.1. The molecule has 12 nitrogen and oxygen atoms in total. The van der Waals surface area contributed by atoms with Crippen molar-refractivity contribution in [3.63, 3.8) is 0 Å². The van der Waals surface area contributed by atoms with Crippen molar-refractivity contribution >= 4 is 39.5 Å². The van der Waals surface area contributed by atoms with Gasteiger partial charge in [-0.05, 0) is 31.9 Å². The fourth-order valence-corrected chi connectivity index (χ4v) is 4.98. The Morgan fingerprint density at radius 2 is 2.08 bits per heavy atom. The maximum absolute atomic E-state index is 14.9. The SMILES string of the molecule is Cc1ncc(Oc2nc(N3C[C@H](N)C4(CC4)C3)c3c(n2)[nH]c2c(N(C)C(=O)OCO)cc(F)cc23)cn1. The first-order valence-electron chi connectivity index (χ1n) is 11.8. The number of hydrogen-bond acceptors (Lipinski definition) is 10. The fourth-order valence-electron chi connectivity index (χ4n) is 4.98. The number of nitrogens with one attached hydrogen (secondary N) is 1. The number of carbonyl (C=O) groups excluding carboxylic acids is 1. The molecule has 3 aromatic heterocycles. The summed E-state index contributed by atoms with van der Waals surface area (Å²) in [5.74, 6) is 0.948. The average Bonchev–Trinajstić information content (AvgIpc) is 3.46. The summed E-state index contributed by atoms with van der Waals surface area (Å²) in [5, 5.41) is 10.1. The Morgan fingerprint density at radius 1 is 1.32 bits per heavy atom. The Balaban J connectivity index is 1.53. The molecule has 1 atom stereocenters. The highest BCUT2D eigenvalue weighted by molar-refractivity contribution is 6.16. The van der Waals surface area contributed by atoms with Crippen LogP contribution in [0.3, 0.4) is 0 Å². The minimum Gasteiger partial charge on any atom is -0.422 e. The number of carbonyl (C=O) groups is 1. The van der Waals surface area contributed by atoms with Crippen LogP contribution in [0.15, 0.2) is 24.5 Å². The second-order valence-corrected chi connectivity index (χ2v) is 9.54. The van der Waals surface area contributed by atoms with E-state index < -0.39 is 18.7 Å². The van der Waals surface area contributed by atoms with E-state index in [1.165, 1.54) is 31.6 Å². The molecule has 1 spiro atoms. The molecular formula is C24H25FN8O4. The molecule has 4 N–H and O–H groups in total. The van der Waals surface area contributed by atoms with Crippen LogP contribution < -0.4 is 20.3 Å². The predicted octanol–water partition coefficient (Wildman–Crippen LogP) is 2.59.